The van der Waals surface area contributed by atoms with Crippen LogP contribution in [0.15, 0.2) is 65.4 Å². The van der Waals surface area contributed by atoms with Crippen LogP contribution in [0.3, 0.4) is 0 Å². The highest BCUT2D eigenvalue weighted by Crippen LogP contribution is 2.27. The first-order valence-electron chi connectivity index (χ1n) is 6.77. The Bertz CT molecular complexity index is 890. The molecule has 0 bridgehead atoms. The molecule has 0 aliphatic rings. The zero-order chi connectivity index (χ0) is 14.2. The molecule has 1 aromatic carbocycles. The third-order valence-corrected chi connectivity index (χ3v) is 3.45. The highest BCUT2D eigenvalue weighted by molar-refractivity contribution is 5.78. The summed E-state index contributed by atoms with van der Waals surface area (Å²) in [5.41, 5.74) is 3.92. The van der Waals surface area contributed by atoms with Crippen LogP contribution in [0.25, 0.3) is 28.4 Å². The topological polar surface area (TPSA) is 43.9 Å². The lowest BCUT2D eigenvalue weighted by atomic mass is 10.2. The van der Waals surface area contributed by atoms with E-state index in [1.807, 2.05) is 28.8 Å². The minimum absolute atomic E-state index is 0.730. The summed E-state index contributed by atoms with van der Waals surface area (Å²) in [5.74, 6) is 1.49. The fourth-order valence-corrected chi connectivity index (χ4v) is 2.42. The third kappa shape index (κ3) is 1.92. The van der Waals surface area contributed by atoms with Gasteiger partial charge in [-0.25, -0.2) is 9.97 Å². The normalized spacial score (nSPS) is 11.1. The van der Waals surface area contributed by atoms with Gasteiger partial charge in [0.2, 0.25) is 0 Å². The second-order valence-corrected chi connectivity index (χ2v) is 4.93. The van der Waals surface area contributed by atoms with E-state index >= 15 is 0 Å². The first-order chi connectivity index (χ1) is 10.3. The van der Waals surface area contributed by atoms with Gasteiger partial charge in [-0.1, -0.05) is 17.7 Å². The summed E-state index contributed by atoms with van der Waals surface area (Å²) in [6.45, 7) is 2.07. The fourth-order valence-electron chi connectivity index (χ4n) is 2.42. The molecule has 3 heterocycles. The van der Waals surface area contributed by atoms with Crippen molar-refractivity contribution >= 4 is 11.2 Å². The maximum Gasteiger partial charge on any atom is 0.183 e. The number of furan rings is 1. The molecule has 3 aromatic heterocycles. The molecule has 0 fully saturated rings. The van der Waals surface area contributed by atoms with Crippen molar-refractivity contribution in [2.24, 2.45) is 0 Å². The maximum absolute atomic E-state index is 5.52. The molecule has 102 valence electrons. The van der Waals surface area contributed by atoms with Crippen molar-refractivity contribution in [3.05, 3.63) is 66.6 Å². The highest BCUT2D eigenvalue weighted by atomic mass is 16.3. The Hall–Kier alpha value is -2.88. The van der Waals surface area contributed by atoms with Crippen LogP contribution in [0.5, 0.6) is 0 Å². The van der Waals surface area contributed by atoms with E-state index in [-0.39, 0.29) is 0 Å². The Morgan fingerprint density at radius 2 is 1.86 bits per heavy atom. The number of imidazole rings is 1. The van der Waals surface area contributed by atoms with Gasteiger partial charge in [0.15, 0.2) is 17.2 Å². The van der Waals surface area contributed by atoms with E-state index in [4.69, 9.17) is 4.42 Å². The zero-order valence-electron chi connectivity index (χ0n) is 11.5. The summed E-state index contributed by atoms with van der Waals surface area (Å²) in [5, 5.41) is 0. The molecule has 0 aliphatic carbocycles. The Morgan fingerprint density at radius 3 is 2.62 bits per heavy atom. The second kappa shape index (κ2) is 4.59. The minimum atomic E-state index is 0.730. The van der Waals surface area contributed by atoms with Gasteiger partial charge >= 0.3 is 0 Å². The molecule has 0 radical (unpaired) electrons. The van der Waals surface area contributed by atoms with E-state index < -0.39 is 0 Å². The third-order valence-electron chi connectivity index (χ3n) is 3.45. The van der Waals surface area contributed by atoms with E-state index in [9.17, 15) is 0 Å². The average Bonchev–Trinajstić information content (AvgIpc) is 3.15. The monoisotopic (exact) mass is 275 g/mol. The molecule has 0 unspecified atom stereocenters. The van der Waals surface area contributed by atoms with Crippen molar-refractivity contribution in [2.75, 3.05) is 0 Å². The van der Waals surface area contributed by atoms with Gasteiger partial charge in [-0.05, 0) is 43.3 Å². The van der Waals surface area contributed by atoms with Crippen molar-refractivity contribution < 1.29 is 4.42 Å². The molecule has 0 saturated heterocycles. The number of aryl methyl sites for hydroxylation is 1. The molecule has 0 N–H and O–H groups in total. The first kappa shape index (κ1) is 11.9. The largest absolute Gasteiger partial charge is 0.461 e. The SMILES string of the molecule is Cc1ccc(-n2c(-c3ccco3)nc3cccnc32)cc1. The number of hydrogen-bond acceptors (Lipinski definition) is 3. The van der Waals surface area contributed by atoms with Crippen LogP contribution in [0.1, 0.15) is 5.56 Å². The van der Waals surface area contributed by atoms with Gasteiger partial charge in [0, 0.05) is 11.9 Å². The van der Waals surface area contributed by atoms with Crippen molar-refractivity contribution in [1.29, 1.82) is 0 Å². The van der Waals surface area contributed by atoms with Crippen molar-refractivity contribution in [3.63, 3.8) is 0 Å². The zero-order valence-corrected chi connectivity index (χ0v) is 11.5. The summed E-state index contributed by atoms with van der Waals surface area (Å²) >= 11 is 0. The van der Waals surface area contributed by atoms with Crippen molar-refractivity contribution in [2.45, 2.75) is 6.92 Å². The standard InChI is InChI=1S/C17H13N3O/c1-12-6-8-13(9-7-12)20-16-14(4-2-10-18-16)19-17(20)15-5-3-11-21-15/h2-11H,1H3. The van der Waals surface area contributed by atoms with Crippen LogP contribution in [-0.4, -0.2) is 14.5 Å². The summed E-state index contributed by atoms with van der Waals surface area (Å²) in [6, 6.07) is 15.9. The lowest BCUT2D eigenvalue weighted by Crippen LogP contribution is -1.98. The number of rotatable bonds is 2. The van der Waals surface area contributed by atoms with Gasteiger partial charge in [-0.15, -0.1) is 0 Å². The molecule has 21 heavy (non-hydrogen) atoms. The van der Waals surface area contributed by atoms with Crippen LogP contribution >= 0.6 is 0 Å². The average molecular weight is 275 g/mol. The molecule has 0 aliphatic heterocycles. The first-order valence-corrected chi connectivity index (χ1v) is 6.77. The lowest BCUT2D eigenvalue weighted by molar-refractivity contribution is 0.576. The Balaban J connectivity index is 2.05. The number of hydrogen-bond donors (Lipinski definition) is 0. The predicted molar refractivity (Wildman–Crippen MR) is 81.3 cm³/mol. The van der Waals surface area contributed by atoms with Crippen LogP contribution in [-0.2, 0) is 0 Å². The second-order valence-electron chi connectivity index (χ2n) is 4.93. The Labute approximate surface area is 121 Å². The van der Waals surface area contributed by atoms with E-state index in [2.05, 4.69) is 41.2 Å². The number of fused-ring (bicyclic) bond motifs is 1. The quantitative estimate of drug-likeness (QED) is 0.555. The van der Waals surface area contributed by atoms with Crippen LogP contribution in [0.4, 0.5) is 0 Å². The van der Waals surface area contributed by atoms with E-state index in [0.29, 0.717) is 0 Å². The molecular weight excluding hydrogens is 262 g/mol. The van der Waals surface area contributed by atoms with Crippen LogP contribution < -0.4 is 0 Å². The molecule has 0 atom stereocenters. The van der Waals surface area contributed by atoms with Gasteiger partial charge in [0.05, 0.1) is 6.26 Å². The highest BCUT2D eigenvalue weighted by Gasteiger charge is 2.16. The van der Waals surface area contributed by atoms with Gasteiger partial charge in [-0.2, -0.15) is 0 Å². The van der Waals surface area contributed by atoms with Gasteiger partial charge < -0.3 is 4.42 Å². The molecule has 4 aromatic rings. The Morgan fingerprint density at radius 1 is 1.00 bits per heavy atom. The molecular formula is C17H13N3O. The molecule has 0 amide bonds. The molecule has 4 rings (SSSR count). The molecule has 4 heteroatoms. The number of pyridine rings is 1. The number of nitrogens with zero attached hydrogens (tertiary/aromatic N) is 3. The molecule has 0 spiro atoms. The fraction of sp³-hybridized carbons (Fsp3) is 0.0588. The molecule has 0 saturated carbocycles. The predicted octanol–water partition coefficient (Wildman–Crippen LogP) is 3.99. The van der Waals surface area contributed by atoms with E-state index in [1.54, 1.807) is 12.5 Å². The molecule has 4 nitrogen and oxygen atoms in total. The van der Waals surface area contributed by atoms with Gasteiger partial charge in [0.1, 0.15) is 5.52 Å². The van der Waals surface area contributed by atoms with Gasteiger partial charge in [-0.3, -0.25) is 4.57 Å². The Kier molecular flexibility index (Phi) is 2.60. The minimum Gasteiger partial charge on any atom is -0.461 e. The number of benzene rings is 1. The van der Waals surface area contributed by atoms with E-state index in [1.165, 1.54) is 5.56 Å². The van der Waals surface area contributed by atoms with Crippen LogP contribution in [0.2, 0.25) is 0 Å². The summed E-state index contributed by atoms with van der Waals surface area (Å²) in [7, 11) is 0. The van der Waals surface area contributed by atoms with Crippen molar-refractivity contribution in [3.8, 4) is 17.3 Å². The van der Waals surface area contributed by atoms with Crippen molar-refractivity contribution in [1.82, 2.24) is 14.5 Å². The maximum atomic E-state index is 5.52. The van der Waals surface area contributed by atoms with E-state index in [0.717, 1.165) is 28.4 Å². The summed E-state index contributed by atoms with van der Waals surface area (Å²) < 4.78 is 7.55. The van der Waals surface area contributed by atoms with Gasteiger partial charge in [0.25, 0.3) is 0 Å². The number of aromatic nitrogens is 3. The smallest absolute Gasteiger partial charge is 0.183 e. The summed E-state index contributed by atoms with van der Waals surface area (Å²) in [4.78, 5) is 9.13. The van der Waals surface area contributed by atoms with Crippen LogP contribution in [0, 0.1) is 6.92 Å². The summed E-state index contributed by atoms with van der Waals surface area (Å²) in [6.07, 6.45) is 3.43. The lowest BCUT2D eigenvalue weighted by Gasteiger charge is -2.07.